The summed E-state index contributed by atoms with van der Waals surface area (Å²) in [4.78, 5) is 24.7. The fourth-order valence-corrected chi connectivity index (χ4v) is 1.96. The second kappa shape index (κ2) is 12.1. The Hall–Kier alpha value is -1.43. The number of unbranched alkanes of at least 4 members (excludes halogenated alkanes) is 1. The first kappa shape index (κ1) is 20.6. The van der Waals surface area contributed by atoms with Crippen molar-refractivity contribution in [2.75, 3.05) is 20.2 Å². The van der Waals surface area contributed by atoms with Gasteiger partial charge in [0.05, 0.1) is 13.0 Å². The van der Waals surface area contributed by atoms with Crippen molar-refractivity contribution in [1.29, 1.82) is 0 Å². The molecule has 0 aliphatic carbocycles. The first-order valence-electron chi connectivity index (χ1n) is 7.47. The standard InChI is InChI=1S/C16H25N2O3.BrH/c1-3-21-16(20)10-14-17(2)15(19)9-5-8-13-18-11-6-4-7-12-18;/h4,6-7,11-12H,3,5,8-10,13-14H2,1-2H3;1H/q+1;/p-1. The molecule has 0 saturated heterocycles. The average molecular weight is 373 g/mol. The van der Waals surface area contributed by atoms with Gasteiger partial charge in [-0.05, 0) is 13.3 Å². The molecule has 0 fully saturated rings. The molecule has 1 amide bonds. The Morgan fingerprint density at radius 3 is 2.41 bits per heavy atom. The second-order valence-corrected chi connectivity index (χ2v) is 4.94. The van der Waals surface area contributed by atoms with Gasteiger partial charge in [-0.15, -0.1) is 0 Å². The van der Waals surface area contributed by atoms with Gasteiger partial charge in [0.15, 0.2) is 12.4 Å². The predicted molar refractivity (Wildman–Crippen MR) is 79.4 cm³/mol. The van der Waals surface area contributed by atoms with Gasteiger partial charge in [0.25, 0.3) is 0 Å². The van der Waals surface area contributed by atoms with Crippen LogP contribution in [0.4, 0.5) is 0 Å². The Labute approximate surface area is 143 Å². The molecule has 0 radical (unpaired) electrons. The number of carbonyl (C=O) groups excluding carboxylic acids is 2. The largest absolute Gasteiger partial charge is 1.00 e. The van der Waals surface area contributed by atoms with E-state index in [1.807, 2.05) is 30.6 Å². The van der Waals surface area contributed by atoms with Crippen LogP contribution in [0, 0.1) is 0 Å². The maximum atomic E-state index is 11.9. The van der Waals surface area contributed by atoms with Gasteiger partial charge in [0.1, 0.15) is 6.54 Å². The number of aryl methyl sites for hydroxylation is 1. The van der Waals surface area contributed by atoms with E-state index in [0.29, 0.717) is 19.6 Å². The van der Waals surface area contributed by atoms with Crippen LogP contribution in [0.3, 0.4) is 0 Å². The highest BCUT2D eigenvalue weighted by Crippen LogP contribution is 2.01. The number of rotatable bonds is 9. The molecule has 0 atom stereocenters. The smallest absolute Gasteiger partial charge is 0.307 e. The van der Waals surface area contributed by atoms with E-state index in [1.54, 1.807) is 18.9 Å². The summed E-state index contributed by atoms with van der Waals surface area (Å²) in [5.41, 5.74) is 0. The number of hydrogen-bond acceptors (Lipinski definition) is 3. The molecule has 124 valence electrons. The number of hydrogen-bond donors (Lipinski definition) is 0. The molecule has 5 nitrogen and oxygen atoms in total. The van der Waals surface area contributed by atoms with Crippen LogP contribution in [0.1, 0.15) is 32.6 Å². The number of carbonyl (C=O) groups is 2. The number of ether oxygens (including phenoxy) is 1. The minimum atomic E-state index is -0.252. The third kappa shape index (κ3) is 8.77. The van der Waals surface area contributed by atoms with Gasteiger partial charge in [-0.3, -0.25) is 9.59 Å². The fraction of sp³-hybridized carbons (Fsp3) is 0.562. The zero-order valence-corrected chi connectivity index (χ0v) is 14.9. The molecular formula is C16H25BrN2O3. The third-order valence-corrected chi connectivity index (χ3v) is 3.22. The Kier molecular flexibility index (Phi) is 11.4. The van der Waals surface area contributed by atoms with Crippen LogP contribution in [0.2, 0.25) is 0 Å². The van der Waals surface area contributed by atoms with Gasteiger partial charge >= 0.3 is 5.97 Å². The topological polar surface area (TPSA) is 50.5 Å². The molecule has 1 rings (SSSR count). The SMILES string of the molecule is CCOC(=O)CCN(C)C(=O)CCCC[n+]1ccccc1.[Br-]. The Bertz CT molecular complexity index is 440. The van der Waals surface area contributed by atoms with E-state index >= 15 is 0 Å². The molecule has 22 heavy (non-hydrogen) atoms. The Morgan fingerprint density at radius 2 is 1.77 bits per heavy atom. The number of aromatic nitrogens is 1. The van der Waals surface area contributed by atoms with Crippen LogP contribution in [-0.2, 0) is 20.9 Å². The third-order valence-electron chi connectivity index (χ3n) is 3.22. The van der Waals surface area contributed by atoms with E-state index in [0.717, 1.165) is 19.4 Å². The van der Waals surface area contributed by atoms with Crippen LogP contribution in [0.25, 0.3) is 0 Å². The number of esters is 1. The number of amides is 1. The number of nitrogens with zero attached hydrogens (tertiary/aromatic N) is 2. The lowest BCUT2D eigenvalue weighted by atomic mass is 10.2. The molecule has 0 aromatic carbocycles. The molecule has 0 aliphatic rings. The van der Waals surface area contributed by atoms with Crippen molar-refractivity contribution in [3.8, 4) is 0 Å². The van der Waals surface area contributed by atoms with Crippen LogP contribution in [-0.4, -0.2) is 37.0 Å². The van der Waals surface area contributed by atoms with E-state index in [1.165, 1.54) is 0 Å². The van der Waals surface area contributed by atoms with Crippen molar-refractivity contribution in [2.45, 2.75) is 39.2 Å². The zero-order valence-electron chi connectivity index (χ0n) is 13.3. The van der Waals surface area contributed by atoms with Crippen LogP contribution in [0.5, 0.6) is 0 Å². The van der Waals surface area contributed by atoms with E-state index in [2.05, 4.69) is 4.57 Å². The summed E-state index contributed by atoms with van der Waals surface area (Å²) in [6, 6.07) is 5.97. The second-order valence-electron chi connectivity index (χ2n) is 4.94. The highest BCUT2D eigenvalue weighted by atomic mass is 79.9. The summed E-state index contributed by atoms with van der Waals surface area (Å²) in [5, 5.41) is 0. The molecular weight excluding hydrogens is 348 g/mol. The van der Waals surface area contributed by atoms with Gasteiger partial charge in [-0.1, -0.05) is 6.07 Å². The van der Waals surface area contributed by atoms with Crippen LogP contribution < -0.4 is 21.5 Å². The molecule has 1 heterocycles. The van der Waals surface area contributed by atoms with Crippen LogP contribution in [0.15, 0.2) is 30.6 Å². The van der Waals surface area contributed by atoms with E-state index in [9.17, 15) is 9.59 Å². The van der Waals surface area contributed by atoms with Gasteiger partial charge in [-0.2, -0.15) is 0 Å². The van der Waals surface area contributed by atoms with E-state index in [-0.39, 0.29) is 35.3 Å². The molecule has 0 unspecified atom stereocenters. The number of halogens is 1. The molecule has 0 spiro atoms. The summed E-state index contributed by atoms with van der Waals surface area (Å²) in [6.07, 6.45) is 6.64. The van der Waals surface area contributed by atoms with Crippen molar-refractivity contribution in [2.24, 2.45) is 0 Å². The summed E-state index contributed by atoms with van der Waals surface area (Å²) in [7, 11) is 1.73. The molecule has 1 aromatic heterocycles. The molecule has 0 bridgehead atoms. The zero-order chi connectivity index (χ0) is 15.5. The van der Waals surface area contributed by atoms with Crippen molar-refractivity contribution in [1.82, 2.24) is 4.90 Å². The van der Waals surface area contributed by atoms with Gasteiger partial charge in [0, 0.05) is 38.6 Å². The summed E-state index contributed by atoms with van der Waals surface area (Å²) in [6.45, 7) is 3.50. The fourth-order valence-electron chi connectivity index (χ4n) is 1.96. The minimum Gasteiger partial charge on any atom is -1.00 e. The molecule has 6 heteroatoms. The maximum Gasteiger partial charge on any atom is 0.307 e. The Balaban J connectivity index is 0.00000441. The van der Waals surface area contributed by atoms with Gasteiger partial charge in [0.2, 0.25) is 5.91 Å². The lowest BCUT2D eigenvalue weighted by molar-refractivity contribution is -0.697. The molecule has 0 N–H and O–H groups in total. The van der Waals surface area contributed by atoms with Gasteiger partial charge < -0.3 is 26.6 Å². The minimum absolute atomic E-state index is 0. The highest BCUT2D eigenvalue weighted by molar-refractivity contribution is 5.76. The lowest BCUT2D eigenvalue weighted by Crippen LogP contribution is -3.00. The Morgan fingerprint density at radius 1 is 1.09 bits per heavy atom. The molecule has 0 aliphatic heterocycles. The van der Waals surface area contributed by atoms with Crippen molar-refractivity contribution in [3.63, 3.8) is 0 Å². The van der Waals surface area contributed by atoms with E-state index in [4.69, 9.17) is 4.74 Å². The van der Waals surface area contributed by atoms with E-state index < -0.39 is 0 Å². The molecule has 1 aromatic rings. The highest BCUT2D eigenvalue weighted by Gasteiger charge is 2.11. The van der Waals surface area contributed by atoms with Crippen LogP contribution >= 0.6 is 0 Å². The molecule has 0 saturated carbocycles. The predicted octanol–water partition coefficient (Wildman–Crippen LogP) is -1.44. The quantitative estimate of drug-likeness (QED) is 0.303. The number of pyridine rings is 1. The first-order chi connectivity index (χ1) is 10.1. The summed E-state index contributed by atoms with van der Waals surface area (Å²) in [5.74, 6) is -0.171. The van der Waals surface area contributed by atoms with Crippen molar-refractivity contribution < 1.29 is 35.9 Å². The van der Waals surface area contributed by atoms with Crippen molar-refractivity contribution >= 4 is 11.9 Å². The summed E-state index contributed by atoms with van der Waals surface area (Å²) < 4.78 is 6.95. The normalized spacial score (nSPS) is 9.73. The first-order valence-corrected chi connectivity index (χ1v) is 7.47. The lowest BCUT2D eigenvalue weighted by Gasteiger charge is -2.16. The monoisotopic (exact) mass is 372 g/mol. The summed E-state index contributed by atoms with van der Waals surface area (Å²) >= 11 is 0. The average Bonchev–Trinajstić information content (AvgIpc) is 2.50. The van der Waals surface area contributed by atoms with Gasteiger partial charge in [-0.25, -0.2) is 4.57 Å². The van der Waals surface area contributed by atoms with Crippen molar-refractivity contribution in [3.05, 3.63) is 30.6 Å². The maximum absolute atomic E-state index is 11.9.